The number of carbonyl (C=O) groups is 1. The zero-order chi connectivity index (χ0) is 13.8. The van der Waals surface area contributed by atoms with Gasteiger partial charge in [-0.15, -0.1) is 0 Å². The molecule has 0 saturated carbocycles. The minimum atomic E-state index is -0.354. The number of carbonyl (C=O) groups excluding carboxylic acids is 1. The number of phenols is 1. The van der Waals surface area contributed by atoms with E-state index in [9.17, 15) is 9.90 Å². The highest BCUT2D eigenvalue weighted by molar-refractivity contribution is 9.10. The van der Waals surface area contributed by atoms with E-state index in [0.717, 1.165) is 4.47 Å². The summed E-state index contributed by atoms with van der Waals surface area (Å²) < 4.78 is 5.74. The second-order valence-corrected chi connectivity index (χ2v) is 4.62. The minimum Gasteiger partial charge on any atom is -0.504 e. The molecule has 19 heavy (non-hydrogen) atoms. The van der Waals surface area contributed by atoms with E-state index in [4.69, 9.17) is 4.74 Å². The highest BCUT2D eigenvalue weighted by atomic mass is 79.9. The third-order valence-corrected chi connectivity index (χ3v) is 2.88. The topological polar surface area (TPSA) is 71.5 Å². The first kappa shape index (κ1) is 13.4. The standard InChI is InChI=1S/C13H11BrN2O3/c1-19-11-4-2-8(6-10(11)17)13(18)16-12-5-3-9(14)7-15-12/h2-7,17H,1H3,(H,15,16,18). The number of phenolic OH excluding ortho intramolecular Hbond substituents is 1. The molecule has 2 rings (SSSR count). The molecule has 0 bridgehead atoms. The Bertz CT molecular complexity index is 599. The van der Waals surface area contributed by atoms with Gasteiger partial charge in [-0.25, -0.2) is 4.98 Å². The van der Waals surface area contributed by atoms with E-state index >= 15 is 0 Å². The average Bonchev–Trinajstić information content (AvgIpc) is 2.41. The number of rotatable bonds is 3. The van der Waals surface area contributed by atoms with Crippen LogP contribution in [0, 0.1) is 0 Å². The number of amides is 1. The molecule has 0 unspecified atom stereocenters. The predicted octanol–water partition coefficient (Wildman–Crippen LogP) is 2.81. The van der Waals surface area contributed by atoms with Gasteiger partial charge in [0, 0.05) is 16.2 Å². The highest BCUT2D eigenvalue weighted by Gasteiger charge is 2.10. The molecular weight excluding hydrogens is 312 g/mol. The van der Waals surface area contributed by atoms with Crippen molar-refractivity contribution in [3.8, 4) is 11.5 Å². The molecule has 0 atom stereocenters. The Kier molecular flexibility index (Phi) is 4.01. The molecule has 6 heteroatoms. The molecule has 1 aromatic heterocycles. The van der Waals surface area contributed by atoms with Crippen LogP contribution in [0.3, 0.4) is 0 Å². The van der Waals surface area contributed by atoms with Crippen molar-refractivity contribution in [2.24, 2.45) is 0 Å². The lowest BCUT2D eigenvalue weighted by atomic mass is 10.2. The van der Waals surface area contributed by atoms with Gasteiger partial charge >= 0.3 is 0 Å². The van der Waals surface area contributed by atoms with Crippen molar-refractivity contribution < 1.29 is 14.6 Å². The van der Waals surface area contributed by atoms with Crippen LogP contribution in [0.15, 0.2) is 41.0 Å². The third kappa shape index (κ3) is 3.23. The van der Waals surface area contributed by atoms with Crippen molar-refractivity contribution in [2.45, 2.75) is 0 Å². The first-order valence-corrected chi connectivity index (χ1v) is 6.19. The van der Waals surface area contributed by atoms with E-state index in [-0.39, 0.29) is 11.7 Å². The summed E-state index contributed by atoms with van der Waals surface area (Å²) >= 11 is 3.26. The van der Waals surface area contributed by atoms with Gasteiger partial charge in [-0.05, 0) is 46.3 Å². The number of hydrogen-bond donors (Lipinski definition) is 2. The molecular formula is C13H11BrN2O3. The first-order chi connectivity index (χ1) is 9.10. The van der Waals surface area contributed by atoms with Crippen molar-refractivity contribution in [3.05, 3.63) is 46.6 Å². The largest absolute Gasteiger partial charge is 0.504 e. The summed E-state index contributed by atoms with van der Waals surface area (Å²) in [4.78, 5) is 16.0. The molecule has 2 N–H and O–H groups in total. The number of pyridine rings is 1. The average molecular weight is 323 g/mol. The van der Waals surface area contributed by atoms with E-state index in [1.807, 2.05) is 0 Å². The van der Waals surface area contributed by atoms with E-state index in [2.05, 4.69) is 26.2 Å². The molecule has 98 valence electrons. The lowest BCUT2D eigenvalue weighted by molar-refractivity contribution is 0.102. The predicted molar refractivity (Wildman–Crippen MR) is 74.5 cm³/mol. The highest BCUT2D eigenvalue weighted by Crippen LogP contribution is 2.26. The number of aromatic hydroxyl groups is 1. The fraction of sp³-hybridized carbons (Fsp3) is 0.0769. The van der Waals surface area contributed by atoms with Crippen LogP contribution in [0.1, 0.15) is 10.4 Å². The maximum atomic E-state index is 11.9. The molecule has 2 aromatic rings. The molecule has 5 nitrogen and oxygen atoms in total. The van der Waals surface area contributed by atoms with Crippen LogP contribution in [-0.2, 0) is 0 Å². The summed E-state index contributed by atoms with van der Waals surface area (Å²) in [5.41, 5.74) is 0.322. The zero-order valence-corrected chi connectivity index (χ0v) is 11.6. The zero-order valence-electron chi connectivity index (χ0n) is 10.1. The Morgan fingerprint density at radius 3 is 2.74 bits per heavy atom. The van der Waals surface area contributed by atoms with Gasteiger partial charge in [0.15, 0.2) is 11.5 Å². The van der Waals surface area contributed by atoms with Gasteiger partial charge in [0.25, 0.3) is 5.91 Å². The Labute approximate surface area is 118 Å². The van der Waals surface area contributed by atoms with Crippen LogP contribution in [0.2, 0.25) is 0 Å². The number of nitrogens with one attached hydrogen (secondary N) is 1. The summed E-state index contributed by atoms with van der Waals surface area (Å²) in [6, 6.07) is 7.87. The number of aromatic nitrogens is 1. The summed E-state index contributed by atoms with van der Waals surface area (Å²) in [5.74, 6) is 0.313. The second kappa shape index (κ2) is 5.71. The summed E-state index contributed by atoms with van der Waals surface area (Å²) in [6.45, 7) is 0. The fourth-order valence-electron chi connectivity index (χ4n) is 1.47. The van der Waals surface area contributed by atoms with Crippen molar-refractivity contribution in [2.75, 3.05) is 12.4 Å². The molecule has 1 amide bonds. The molecule has 0 aliphatic heterocycles. The van der Waals surface area contributed by atoms with Gasteiger partial charge in [0.2, 0.25) is 0 Å². The molecule has 1 heterocycles. The fourth-order valence-corrected chi connectivity index (χ4v) is 1.70. The van der Waals surface area contributed by atoms with E-state index in [1.165, 1.54) is 19.2 Å². The Morgan fingerprint density at radius 2 is 2.16 bits per heavy atom. The van der Waals surface area contributed by atoms with Gasteiger partial charge in [0.05, 0.1) is 7.11 Å². The van der Waals surface area contributed by atoms with Crippen molar-refractivity contribution in [1.29, 1.82) is 0 Å². The summed E-state index contributed by atoms with van der Waals surface area (Å²) in [5, 5.41) is 12.2. The second-order valence-electron chi connectivity index (χ2n) is 3.70. The van der Waals surface area contributed by atoms with Crippen LogP contribution >= 0.6 is 15.9 Å². The van der Waals surface area contributed by atoms with Crippen molar-refractivity contribution in [3.63, 3.8) is 0 Å². The van der Waals surface area contributed by atoms with Gasteiger partial charge in [0.1, 0.15) is 5.82 Å². The number of ether oxygens (including phenoxy) is 1. The van der Waals surface area contributed by atoms with Crippen LogP contribution < -0.4 is 10.1 Å². The number of hydrogen-bond acceptors (Lipinski definition) is 4. The lowest BCUT2D eigenvalue weighted by Crippen LogP contribution is -2.12. The maximum absolute atomic E-state index is 11.9. The van der Waals surface area contributed by atoms with E-state index in [0.29, 0.717) is 17.1 Å². The molecule has 0 spiro atoms. The van der Waals surface area contributed by atoms with E-state index in [1.54, 1.807) is 24.4 Å². The van der Waals surface area contributed by atoms with Crippen LogP contribution in [0.25, 0.3) is 0 Å². The maximum Gasteiger partial charge on any atom is 0.256 e. The Morgan fingerprint density at radius 1 is 1.37 bits per heavy atom. The normalized spacial score (nSPS) is 10.0. The minimum absolute atomic E-state index is 0.0843. The number of halogens is 1. The Balaban J connectivity index is 2.16. The van der Waals surface area contributed by atoms with Gasteiger partial charge in [-0.1, -0.05) is 0 Å². The number of anilines is 1. The van der Waals surface area contributed by atoms with Crippen molar-refractivity contribution >= 4 is 27.7 Å². The smallest absolute Gasteiger partial charge is 0.256 e. The van der Waals surface area contributed by atoms with Gasteiger partial charge in [-0.2, -0.15) is 0 Å². The SMILES string of the molecule is COc1ccc(C(=O)Nc2ccc(Br)cn2)cc1O. The molecule has 0 aliphatic carbocycles. The lowest BCUT2D eigenvalue weighted by Gasteiger charge is -2.07. The number of benzene rings is 1. The number of nitrogens with zero attached hydrogens (tertiary/aromatic N) is 1. The monoisotopic (exact) mass is 322 g/mol. The summed E-state index contributed by atoms with van der Waals surface area (Å²) in [7, 11) is 1.44. The van der Waals surface area contributed by atoms with Crippen molar-refractivity contribution in [1.82, 2.24) is 4.98 Å². The van der Waals surface area contributed by atoms with E-state index < -0.39 is 0 Å². The number of methoxy groups -OCH3 is 1. The molecule has 0 aliphatic rings. The third-order valence-electron chi connectivity index (χ3n) is 2.41. The first-order valence-electron chi connectivity index (χ1n) is 5.40. The van der Waals surface area contributed by atoms with Crippen LogP contribution in [0.5, 0.6) is 11.5 Å². The molecule has 1 aromatic carbocycles. The summed E-state index contributed by atoms with van der Waals surface area (Å²) in [6.07, 6.45) is 1.58. The molecule has 0 radical (unpaired) electrons. The van der Waals surface area contributed by atoms with Gasteiger partial charge in [-0.3, -0.25) is 4.79 Å². The molecule has 0 saturated heterocycles. The quantitative estimate of drug-likeness (QED) is 0.911. The van der Waals surface area contributed by atoms with Crippen LogP contribution in [0.4, 0.5) is 5.82 Å². The molecule has 0 fully saturated rings. The van der Waals surface area contributed by atoms with Crippen LogP contribution in [-0.4, -0.2) is 23.1 Å². The van der Waals surface area contributed by atoms with Gasteiger partial charge < -0.3 is 15.2 Å². The Hall–Kier alpha value is -2.08.